The monoisotopic (exact) mass is 618 g/mol. The molecular weight excluding hydrogens is 580 g/mol. The predicted octanol–water partition coefficient (Wildman–Crippen LogP) is 7.46. The van der Waals surface area contributed by atoms with E-state index in [2.05, 4.69) is 68.9 Å². The van der Waals surface area contributed by atoms with Crippen molar-refractivity contribution in [2.75, 3.05) is 20.1 Å². The van der Waals surface area contributed by atoms with Gasteiger partial charge in [0.15, 0.2) is 0 Å². The molecule has 6 heteroatoms. The van der Waals surface area contributed by atoms with Gasteiger partial charge in [0.1, 0.15) is 12.1 Å². The molecule has 2 aromatic rings. The first-order valence-corrected chi connectivity index (χ1v) is 15.0. The van der Waals surface area contributed by atoms with Gasteiger partial charge in [0.25, 0.3) is 0 Å². The third-order valence-electron chi connectivity index (χ3n) is 7.61. The second kappa shape index (κ2) is 14.0. The Morgan fingerprint density at radius 2 is 1.58 bits per heavy atom. The van der Waals surface area contributed by atoms with E-state index in [4.69, 9.17) is 4.98 Å². The molecule has 1 aromatic heterocycles. The van der Waals surface area contributed by atoms with Gasteiger partial charge < -0.3 is 9.69 Å². The Kier molecular flexibility index (Phi) is 11.3. The molecule has 36 heavy (non-hydrogen) atoms. The third kappa shape index (κ3) is 7.35. The third-order valence-corrected chi connectivity index (χ3v) is 8.70. The quantitative estimate of drug-likeness (QED) is 0.327. The van der Waals surface area contributed by atoms with E-state index in [0.717, 1.165) is 36.4 Å². The smallest absolute Gasteiger partial charge is 0.132 e. The average Bonchev–Trinajstić information content (AvgIpc) is 3.03. The molecule has 2 aliphatic carbocycles. The van der Waals surface area contributed by atoms with Crippen molar-refractivity contribution in [2.45, 2.75) is 78.1 Å². The lowest BCUT2D eigenvalue weighted by molar-refractivity contribution is -0.122. The van der Waals surface area contributed by atoms with Crippen molar-refractivity contribution in [2.24, 2.45) is 11.8 Å². The van der Waals surface area contributed by atoms with E-state index in [-0.39, 0.29) is 5.92 Å². The number of pyridine rings is 1. The fourth-order valence-electron chi connectivity index (χ4n) is 5.68. The van der Waals surface area contributed by atoms with Crippen molar-refractivity contribution in [3.63, 3.8) is 0 Å². The number of piperidine rings is 1. The summed E-state index contributed by atoms with van der Waals surface area (Å²) in [5.74, 6) is 1.56. The maximum Gasteiger partial charge on any atom is 0.132 e. The fraction of sp³-hybridized carbons (Fsp3) is 0.567. The summed E-state index contributed by atoms with van der Waals surface area (Å²) in [6.45, 7) is 8.57. The molecule has 1 aliphatic heterocycles. The molecule has 2 heterocycles. The lowest BCUT2D eigenvalue weighted by atomic mass is 9.76. The molecule has 1 unspecified atom stereocenters. The molecule has 0 bridgehead atoms. The molecule has 2 fully saturated rings. The first-order chi connectivity index (χ1) is 17.4. The number of nitrogens with zero attached hydrogens (tertiary/aromatic N) is 2. The summed E-state index contributed by atoms with van der Waals surface area (Å²) in [6.07, 6.45) is 10.4. The van der Waals surface area contributed by atoms with Crippen molar-refractivity contribution in [1.82, 2.24) is 9.88 Å². The van der Waals surface area contributed by atoms with Gasteiger partial charge in [-0.15, -0.1) is 0 Å². The largest absolute Gasteiger partial charge is 0.306 e. The zero-order chi connectivity index (χ0) is 26.2. The fourth-order valence-corrected chi connectivity index (χ4v) is 6.92. The topological polar surface area (TPSA) is 50.3 Å². The zero-order valence-corrected chi connectivity index (χ0v) is 25.3. The van der Waals surface area contributed by atoms with Gasteiger partial charge in [-0.25, -0.2) is 0 Å². The number of hydrogen-bond acceptors (Lipinski definition) is 4. The minimum atomic E-state index is 0.169. The Bertz CT molecular complexity index is 1040. The number of carbonyl (C=O) groups is 2. The van der Waals surface area contributed by atoms with Crippen molar-refractivity contribution in [3.05, 3.63) is 61.3 Å². The molecule has 1 saturated heterocycles. The van der Waals surface area contributed by atoms with Gasteiger partial charge in [-0.05, 0) is 122 Å². The number of halogens is 2. The van der Waals surface area contributed by atoms with Gasteiger partial charge >= 0.3 is 0 Å². The lowest BCUT2D eigenvalue weighted by Crippen LogP contribution is -2.33. The number of fused-ring (bicyclic) bond motifs is 2. The average molecular weight is 620 g/mol. The standard InChI is InChI=1S/C21H24Br2N2.C7H10O2.C2H6/c1-13-9-15-3-4-16-11-17(22)12-24-21(16)20(19(15)18(23)10-13)14-5-7-25(2)8-6-14;8-5-6-1-3-7(9)4-2-6;1-2/h9-12,14,20H,3-8H2,1-2H3;5-6H,1-4H2;1-2H3. The number of rotatable bonds is 2. The number of benzene rings is 1. The summed E-state index contributed by atoms with van der Waals surface area (Å²) in [6, 6.07) is 6.96. The molecule has 4 nitrogen and oxygen atoms in total. The summed E-state index contributed by atoms with van der Waals surface area (Å²) in [5, 5.41) is 0. The highest BCUT2D eigenvalue weighted by atomic mass is 79.9. The molecule has 1 aromatic carbocycles. The van der Waals surface area contributed by atoms with Crippen LogP contribution < -0.4 is 0 Å². The maximum atomic E-state index is 10.6. The van der Waals surface area contributed by atoms with Crippen molar-refractivity contribution in [3.8, 4) is 0 Å². The second-order valence-corrected chi connectivity index (χ2v) is 11.9. The second-order valence-electron chi connectivity index (χ2n) is 10.1. The Balaban J connectivity index is 0.000000276. The van der Waals surface area contributed by atoms with E-state index < -0.39 is 0 Å². The lowest BCUT2D eigenvalue weighted by Gasteiger charge is -2.35. The van der Waals surface area contributed by atoms with Gasteiger partial charge in [-0.1, -0.05) is 35.8 Å². The van der Waals surface area contributed by atoms with Crippen LogP contribution in [0.1, 0.15) is 86.2 Å². The van der Waals surface area contributed by atoms with Gasteiger partial charge in [0, 0.05) is 39.8 Å². The Morgan fingerprint density at radius 1 is 0.944 bits per heavy atom. The summed E-state index contributed by atoms with van der Waals surface area (Å²) >= 11 is 7.53. The van der Waals surface area contributed by atoms with E-state index in [0.29, 0.717) is 30.5 Å². The van der Waals surface area contributed by atoms with Crippen LogP contribution in [-0.2, 0) is 22.4 Å². The van der Waals surface area contributed by atoms with Gasteiger partial charge in [0.2, 0.25) is 0 Å². The molecule has 0 spiro atoms. The summed E-state index contributed by atoms with van der Waals surface area (Å²) in [4.78, 5) is 28.2. The number of likely N-dealkylation sites (tertiary alicyclic amines) is 1. The maximum absolute atomic E-state index is 10.6. The number of aromatic nitrogens is 1. The van der Waals surface area contributed by atoms with E-state index in [9.17, 15) is 9.59 Å². The van der Waals surface area contributed by atoms with E-state index in [1.807, 2.05) is 20.0 Å². The van der Waals surface area contributed by atoms with E-state index in [1.165, 1.54) is 58.4 Å². The number of aldehydes is 1. The van der Waals surface area contributed by atoms with Crippen LogP contribution in [0.3, 0.4) is 0 Å². The summed E-state index contributed by atoms with van der Waals surface area (Å²) in [7, 11) is 2.24. The molecule has 0 radical (unpaired) electrons. The first kappa shape index (κ1) is 29.2. The number of carbonyl (C=O) groups excluding carboxylic acids is 2. The van der Waals surface area contributed by atoms with Gasteiger partial charge in [-0.3, -0.25) is 9.78 Å². The molecule has 196 valence electrons. The van der Waals surface area contributed by atoms with Crippen LogP contribution in [0.5, 0.6) is 0 Å². The summed E-state index contributed by atoms with van der Waals surface area (Å²) < 4.78 is 2.36. The first-order valence-electron chi connectivity index (χ1n) is 13.4. The predicted molar refractivity (Wildman–Crippen MR) is 155 cm³/mol. The normalized spacial score (nSPS) is 20.6. The Hall–Kier alpha value is -1.37. The van der Waals surface area contributed by atoms with Crippen LogP contribution in [-0.4, -0.2) is 42.1 Å². The van der Waals surface area contributed by atoms with Crippen LogP contribution >= 0.6 is 31.9 Å². The van der Waals surface area contributed by atoms with Gasteiger partial charge in [-0.2, -0.15) is 0 Å². The number of aryl methyl sites for hydroxylation is 3. The minimum absolute atomic E-state index is 0.169. The van der Waals surface area contributed by atoms with Crippen LogP contribution in [0.2, 0.25) is 0 Å². The summed E-state index contributed by atoms with van der Waals surface area (Å²) in [5.41, 5.74) is 7.06. The molecule has 0 amide bonds. The number of hydrogen-bond donors (Lipinski definition) is 0. The molecule has 1 saturated carbocycles. The van der Waals surface area contributed by atoms with Crippen molar-refractivity contribution in [1.29, 1.82) is 0 Å². The Labute approximate surface area is 233 Å². The van der Waals surface area contributed by atoms with Crippen LogP contribution in [0, 0.1) is 18.8 Å². The van der Waals surface area contributed by atoms with Crippen molar-refractivity contribution < 1.29 is 9.59 Å². The molecule has 3 aliphatic rings. The Morgan fingerprint density at radius 3 is 2.22 bits per heavy atom. The molecular formula is C30H40Br2N2O2. The highest BCUT2D eigenvalue weighted by Gasteiger charge is 2.34. The minimum Gasteiger partial charge on any atom is -0.306 e. The van der Waals surface area contributed by atoms with E-state index >= 15 is 0 Å². The number of ketones is 1. The van der Waals surface area contributed by atoms with Crippen LogP contribution in [0.15, 0.2) is 33.3 Å². The zero-order valence-electron chi connectivity index (χ0n) is 22.2. The molecule has 5 rings (SSSR count). The van der Waals surface area contributed by atoms with Crippen LogP contribution in [0.25, 0.3) is 0 Å². The highest BCUT2D eigenvalue weighted by molar-refractivity contribution is 9.10. The van der Waals surface area contributed by atoms with Gasteiger partial charge in [0.05, 0.1) is 5.69 Å². The SMILES string of the molecule is CC.Cc1cc(Br)c2c(c1)CCc1cc(Br)cnc1C2C1CCN(C)CC1.O=CC1CCC(=O)CC1. The number of Topliss-reactive ketones (excluding diaryl/α,β-unsaturated/α-hetero) is 1. The van der Waals surface area contributed by atoms with E-state index in [1.54, 1.807) is 0 Å². The highest BCUT2D eigenvalue weighted by Crippen LogP contribution is 2.45. The molecule has 0 N–H and O–H groups in total. The van der Waals surface area contributed by atoms with Crippen molar-refractivity contribution >= 4 is 43.9 Å². The van der Waals surface area contributed by atoms with Crippen LogP contribution in [0.4, 0.5) is 0 Å². The molecule has 1 atom stereocenters.